The molecule has 0 aromatic carbocycles. The summed E-state index contributed by atoms with van der Waals surface area (Å²) in [5.74, 6) is 0. The third kappa shape index (κ3) is 17.7. The second kappa shape index (κ2) is 12.5. The van der Waals surface area contributed by atoms with Gasteiger partial charge in [0.2, 0.25) is 5.24 Å². The van der Waals surface area contributed by atoms with Crippen LogP contribution in [0.5, 0.6) is 0 Å². The van der Waals surface area contributed by atoms with Crippen molar-refractivity contribution < 1.29 is 14.3 Å². The Morgan fingerprint density at radius 1 is 1.36 bits per heavy atom. The Morgan fingerprint density at radius 2 is 1.91 bits per heavy atom. The minimum atomic E-state index is -0.480. The van der Waals surface area contributed by atoms with Crippen molar-refractivity contribution in [3.05, 3.63) is 0 Å². The van der Waals surface area contributed by atoms with Crippen LogP contribution < -0.4 is 0 Å². The van der Waals surface area contributed by atoms with E-state index in [1.807, 2.05) is 13.8 Å². The van der Waals surface area contributed by atoms with Gasteiger partial charge in [-0.05, 0) is 11.6 Å². The summed E-state index contributed by atoms with van der Waals surface area (Å²) in [6.45, 7) is 4.87. The van der Waals surface area contributed by atoms with Crippen LogP contribution in [0.4, 0.5) is 0 Å². The van der Waals surface area contributed by atoms with Gasteiger partial charge in [0.05, 0.1) is 13.2 Å². The molecule has 0 amide bonds. The van der Waals surface area contributed by atoms with Crippen molar-refractivity contribution in [2.45, 2.75) is 13.8 Å². The first-order chi connectivity index (χ1) is 5.27. The summed E-state index contributed by atoms with van der Waals surface area (Å²) in [4.78, 5) is 10.0. The van der Waals surface area contributed by atoms with Gasteiger partial charge in [0.25, 0.3) is 0 Å². The fourth-order valence-electron chi connectivity index (χ4n) is 0.295. The maximum Gasteiger partial charge on any atom is 0.247 e. The normalized spacial score (nSPS) is 8.36. The van der Waals surface area contributed by atoms with E-state index in [1.165, 1.54) is 0 Å². The first-order valence-electron chi connectivity index (χ1n) is 3.52. The molecule has 0 rings (SSSR count). The predicted molar refractivity (Wildman–Crippen MR) is 44.9 cm³/mol. The highest BCUT2D eigenvalue weighted by Crippen LogP contribution is 1.81. The van der Waals surface area contributed by atoms with Crippen LogP contribution in [0.1, 0.15) is 13.8 Å². The van der Waals surface area contributed by atoms with Crippen LogP contribution in [-0.2, 0) is 14.3 Å². The molecule has 3 nitrogen and oxygen atoms in total. The van der Waals surface area contributed by atoms with Crippen molar-refractivity contribution in [1.82, 2.24) is 0 Å². The molecule has 0 unspecified atom stereocenters. The van der Waals surface area contributed by atoms with Crippen molar-refractivity contribution in [1.29, 1.82) is 0 Å². The zero-order valence-corrected chi connectivity index (χ0v) is 7.98. The maximum absolute atomic E-state index is 10.0. The van der Waals surface area contributed by atoms with Gasteiger partial charge in [0.1, 0.15) is 6.61 Å². The van der Waals surface area contributed by atoms with Crippen LogP contribution in [0.15, 0.2) is 0 Å². The van der Waals surface area contributed by atoms with E-state index < -0.39 is 5.24 Å². The number of carbonyl (C=O) groups is 1. The van der Waals surface area contributed by atoms with Gasteiger partial charge in [0, 0.05) is 7.11 Å². The molecule has 4 heteroatoms. The lowest BCUT2D eigenvalue weighted by atomic mass is 10.7. The quantitative estimate of drug-likeness (QED) is 0.477. The molecule has 0 radical (unpaired) electrons. The average Bonchev–Trinajstić information content (AvgIpc) is 2.02. The van der Waals surface area contributed by atoms with E-state index in [-0.39, 0.29) is 6.61 Å². The number of ether oxygens (including phenoxy) is 2. The lowest BCUT2D eigenvalue weighted by molar-refractivity contribution is -0.116. The second-order valence-corrected chi connectivity index (χ2v) is 1.82. The molecule has 0 N–H and O–H groups in total. The smallest absolute Gasteiger partial charge is 0.247 e. The van der Waals surface area contributed by atoms with Crippen molar-refractivity contribution >= 4 is 16.8 Å². The molecule has 0 fully saturated rings. The van der Waals surface area contributed by atoms with Gasteiger partial charge >= 0.3 is 0 Å². The van der Waals surface area contributed by atoms with E-state index in [2.05, 4.69) is 4.74 Å². The van der Waals surface area contributed by atoms with Crippen molar-refractivity contribution in [2.24, 2.45) is 0 Å². The van der Waals surface area contributed by atoms with Gasteiger partial charge in [-0.2, -0.15) is 0 Å². The number of hydrogen-bond donors (Lipinski definition) is 0. The van der Waals surface area contributed by atoms with Crippen LogP contribution in [0.25, 0.3) is 0 Å². The largest absolute Gasteiger partial charge is 0.382 e. The van der Waals surface area contributed by atoms with Crippen LogP contribution in [0, 0.1) is 0 Å². The summed E-state index contributed by atoms with van der Waals surface area (Å²) < 4.78 is 9.37. The van der Waals surface area contributed by atoms with Gasteiger partial charge in [-0.3, -0.25) is 4.79 Å². The minimum Gasteiger partial charge on any atom is -0.382 e. The first kappa shape index (κ1) is 13.5. The molecular weight excluding hydrogens is 168 g/mol. The molecule has 0 aromatic heterocycles. The molecular formula is C7H15ClO3. The predicted octanol–water partition coefficient (Wildman–Crippen LogP) is 1.44. The van der Waals surface area contributed by atoms with Crippen LogP contribution in [0.3, 0.4) is 0 Å². The summed E-state index contributed by atoms with van der Waals surface area (Å²) in [6.07, 6.45) is 0. The Kier molecular flexibility index (Phi) is 15.4. The number of methoxy groups -OCH3 is 1. The van der Waals surface area contributed by atoms with Crippen LogP contribution >= 0.6 is 11.6 Å². The summed E-state index contributed by atoms with van der Waals surface area (Å²) in [5.41, 5.74) is 0. The molecule has 68 valence electrons. The topological polar surface area (TPSA) is 35.5 Å². The van der Waals surface area contributed by atoms with Crippen LogP contribution in [-0.4, -0.2) is 32.2 Å². The van der Waals surface area contributed by atoms with E-state index in [4.69, 9.17) is 16.3 Å². The summed E-state index contributed by atoms with van der Waals surface area (Å²) >= 11 is 4.95. The van der Waals surface area contributed by atoms with E-state index in [0.29, 0.717) is 13.2 Å². The molecule has 0 aliphatic rings. The molecule has 11 heavy (non-hydrogen) atoms. The average molecular weight is 183 g/mol. The molecule has 0 aliphatic carbocycles. The Morgan fingerprint density at radius 3 is 2.27 bits per heavy atom. The second-order valence-electron chi connectivity index (χ2n) is 1.40. The highest BCUT2D eigenvalue weighted by atomic mass is 35.5. The highest BCUT2D eigenvalue weighted by molar-refractivity contribution is 6.63. The Balaban J connectivity index is 0. The standard InChI is InChI=1S/C5H9ClO3.C2H6/c1-8-2-3-9-4-5(6)7;1-2/h2-4H2,1H3;1-2H3. The monoisotopic (exact) mass is 182 g/mol. The van der Waals surface area contributed by atoms with Crippen LogP contribution in [0.2, 0.25) is 0 Å². The molecule has 0 saturated heterocycles. The minimum absolute atomic E-state index is 0.0368. The van der Waals surface area contributed by atoms with Crippen molar-refractivity contribution in [2.75, 3.05) is 26.9 Å². The van der Waals surface area contributed by atoms with E-state index in [9.17, 15) is 4.79 Å². The lowest BCUT2D eigenvalue weighted by Gasteiger charge is -1.97. The Labute approximate surface area is 72.6 Å². The SMILES string of the molecule is CC.COCCOCC(=O)Cl. The van der Waals surface area contributed by atoms with Gasteiger partial charge in [-0.25, -0.2) is 0 Å². The van der Waals surface area contributed by atoms with E-state index >= 15 is 0 Å². The number of hydrogen-bond acceptors (Lipinski definition) is 3. The summed E-state index contributed by atoms with van der Waals surface area (Å²) in [5, 5.41) is -0.480. The van der Waals surface area contributed by atoms with Gasteiger partial charge in [0.15, 0.2) is 0 Å². The third-order valence-electron chi connectivity index (χ3n) is 0.647. The fraction of sp³-hybridized carbons (Fsp3) is 0.857. The number of halogens is 1. The zero-order chi connectivity index (χ0) is 9.11. The summed E-state index contributed by atoms with van der Waals surface area (Å²) in [7, 11) is 1.56. The molecule has 0 aliphatic heterocycles. The molecule has 0 atom stereocenters. The van der Waals surface area contributed by atoms with E-state index in [1.54, 1.807) is 7.11 Å². The first-order valence-corrected chi connectivity index (χ1v) is 3.90. The molecule has 0 saturated carbocycles. The van der Waals surface area contributed by atoms with Gasteiger partial charge in [-0.1, -0.05) is 13.8 Å². The Hall–Kier alpha value is -0.120. The maximum atomic E-state index is 10.0. The molecule has 0 aromatic rings. The number of carbonyl (C=O) groups excluding carboxylic acids is 1. The van der Waals surface area contributed by atoms with Gasteiger partial charge < -0.3 is 9.47 Å². The number of rotatable bonds is 5. The lowest BCUT2D eigenvalue weighted by Crippen LogP contribution is -2.06. The van der Waals surface area contributed by atoms with Crippen molar-refractivity contribution in [3.63, 3.8) is 0 Å². The third-order valence-corrected chi connectivity index (χ3v) is 0.756. The van der Waals surface area contributed by atoms with Crippen molar-refractivity contribution in [3.8, 4) is 0 Å². The van der Waals surface area contributed by atoms with E-state index in [0.717, 1.165) is 0 Å². The fourth-order valence-corrected chi connectivity index (χ4v) is 0.372. The summed E-state index contributed by atoms with van der Waals surface area (Å²) in [6, 6.07) is 0. The molecule has 0 heterocycles. The molecule has 0 spiro atoms. The Bertz CT molecular complexity index is 85.8. The zero-order valence-electron chi connectivity index (χ0n) is 7.22. The molecule has 0 bridgehead atoms. The highest BCUT2D eigenvalue weighted by Gasteiger charge is 1.93. The van der Waals surface area contributed by atoms with Gasteiger partial charge in [-0.15, -0.1) is 0 Å².